The molecule has 0 spiro atoms. The van der Waals surface area contributed by atoms with Crippen molar-refractivity contribution in [2.24, 2.45) is 5.73 Å². The van der Waals surface area contributed by atoms with Crippen molar-refractivity contribution in [3.63, 3.8) is 0 Å². The van der Waals surface area contributed by atoms with Crippen LogP contribution in [0, 0.1) is 7.43 Å². The van der Waals surface area contributed by atoms with E-state index in [0.29, 0.717) is 0 Å². The van der Waals surface area contributed by atoms with Gasteiger partial charge in [0.05, 0.1) is 0 Å². The summed E-state index contributed by atoms with van der Waals surface area (Å²) in [6, 6.07) is 0. The molecule has 0 aliphatic heterocycles. The number of hydrogen-bond acceptors (Lipinski definition) is 1. The molecule has 0 saturated heterocycles. The van der Waals surface area contributed by atoms with Gasteiger partial charge in [0.25, 0.3) is 0 Å². The van der Waals surface area contributed by atoms with Gasteiger partial charge in [-0.15, -0.1) is 0 Å². The third kappa shape index (κ3) is 350. The maximum atomic E-state index is 8.46. The summed E-state index contributed by atoms with van der Waals surface area (Å²) in [7, 11) is 0. The Balaban J connectivity index is -0.00000000333. The van der Waals surface area contributed by atoms with Gasteiger partial charge in [-0.05, 0) is 0 Å². The van der Waals surface area contributed by atoms with E-state index in [2.05, 4.69) is 5.73 Å². The summed E-state index contributed by atoms with van der Waals surface area (Å²) in [5.74, 6) is 0. The van der Waals surface area contributed by atoms with Crippen molar-refractivity contribution < 1.29 is 37.5 Å². The standard InChI is InChI=1S/CH2NO.CH4.CH3.B.Y/c2-1-3;;;;/h(H2,2,3);1H4;1H3;;/q-1;;-1;;. The van der Waals surface area contributed by atoms with Crippen LogP contribution in [0.25, 0.3) is 0 Å². The molecule has 0 saturated carbocycles. The van der Waals surface area contributed by atoms with Crippen LogP contribution in [0.4, 0.5) is 0 Å². The number of primary amides is 1. The van der Waals surface area contributed by atoms with Crippen LogP contribution in [0.3, 0.4) is 0 Å². The van der Waals surface area contributed by atoms with Gasteiger partial charge in [-0.3, -0.25) is 0 Å². The van der Waals surface area contributed by atoms with Crippen molar-refractivity contribution in [3.8, 4) is 0 Å². The molecule has 2 N–H and O–H groups in total. The zero-order valence-corrected chi connectivity index (χ0v) is 6.48. The fourth-order valence-electron chi connectivity index (χ4n) is 0. The molecule has 0 bridgehead atoms. The monoisotopic (exact) mass is 175 g/mol. The summed E-state index contributed by atoms with van der Waals surface area (Å²) in [5, 5.41) is 0. The Morgan fingerprint density at radius 1 is 1.43 bits per heavy atom. The number of hydrogen-bond donors (Lipinski definition) is 1. The third-order valence-electron chi connectivity index (χ3n) is 0. The van der Waals surface area contributed by atoms with Gasteiger partial charge >= 0.3 is 0 Å². The molecular weight excluding hydrogens is 166 g/mol. The Morgan fingerprint density at radius 3 is 1.43 bits per heavy atom. The van der Waals surface area contributed by atoms with Gasteiger partial charge in [-0.2, -0.15) is 6.41 Å². The number of nitrogens with two attached hydrogens (primary N) is 1. The van der Waals surface area contributed by atoms with E-state index in [1.165, 1.54) is 0 Å². The Bertz CT molecular complexity index is 22.4. The third-order valence-corrected chi connectivity index (χ3v) is 0. The Labute approximate surface area is 72.7 Å². The fraction of sp³-hybridized carbons (Fsp3) is 0.333. The summed E-state index contributed by atoms with van der Waals surface area (Å²) in [4.78, 5) is 8.46. The van der Waals surface area contributed by atoms with Crippen LogP contribution in [0.1, 0.15) is 7.43 Å². The normalized spacial score (nSPS) is 1.71. The van der Waals surface area contributed by atoms with Crippen LogP contribution in [0.5, 0.6) is 0 Å². The van der Waals surface area contributed by atoms with Gasteiger partial charge in [-0.1, -0.05) is 7.43 Å². The Morgan fingerprint density at radius 2 is 1.43 bits per heavy atom. The second-order valence-electron chi connectivity index (χ2n) is 0.118. The van der Waals surface area contributed by atoms with Crippen LogP contribution >= 0.6 is 0 Å². The average molecular weight is 175 g/mol. The van der Waals surface area contributed by atoms with E-state index in [-0.39, 0.29) is 56.0 Å². The van der Waals surface area contributed by atoms with Gasteiger partial charge in [0.1, 0.15) is 0 Å². The molecule has 0 aliphatic rings. The molecule has 0 atom stereocenters. The summed E-state index contributed by atoms with van der Waals surface area (Å²) >= 11 is 0. The minimum atomic E-state index is 0. The Hall–Kier alpha value is 0.639. The molecular formula is C3H9BNOY-2. The molecule has 4 radical (unpaired) electrons. The zero-order valence-electron chi connectivity index (χ0n) is 3.64. The molecule has 4 heteroatoms. The molecule has 0 rings (SSSR count). The molecule has 0 fully saturated rings. The van der Waals surface area contributed by atoms with E-state index in [1.807, 2.05) is 0 Å². The topological polar surface area (TPSA) is 43.1 Å². The van der Waals surface area contributed by atoms with Gasteiger partial charge in [0, 0.05) is 41.1 Å². The largest absolute Gasteiger partial charge is 0.543 e. The molecule has 0 heterocycles. The van der Waals surface area contributed by atoms with Gasteiger partial charge in [0.2, 0.25) is 0 Å². The first-order chi connectivity index (χ1) is 1.41. The van der Waals surface area contributed by atoms with Gasteiger partial charge in [-0.25, -0.2) is 0 Å². The zero-order chi connectivity index (χ0) is 2.71. The van der Waals surface area contributed by atoms with Crippen LogP contribution in [0.2, 0.25) is 0 Å². The van der Waals surface area contributed by atoms with Crippen LogP contribution in [-0.2, 0) is 37.5 Å². The van der Waals surface area contributed by atoms with Gasteiger partial charge < -0.3 is 18.0 Å². The predicted octanol–water partition coefficient (Wildman–Crippen LogP) is -0.285. The first-order valence-electron chi connectivity index (χ1n) is 0.493. The Kier molecular flexibility index (Phi) is 543. The first kappa shape index (κ1) is 48.3. The molecule has 40 valence electrons. The van der Waals surface area contributed by atoms with E-state index in [0.717, 1.165) is 6.41 Å². The van der Waals surface area contributed by atoms with E-state index < -0.39 is 0 Å². The molecule has 1 amide bonds. The molecule has 2 nitrogen and oxygen atoms in total. The number of rotatable bonds is 0. The molecule has 0 aromatic carbocycles. The van der Waals surface area contributed by atoms with Crippen molar-refractivity contribution in [2.45, 2.75) is 7.43 Å². The van der Waals surface area contributed by atoms with Crippen molar-refractivity contribution in [2.75, 3.05) is 0 Å². The minimum Gasteiger partial charge on any atom is -0.543 e. The summed E-state index contributed by atoms with van der Waals surface area (Å²) < 4.78 is 0. The van der Waals surface area contributed by atoms with Gasteiger partial charge in [0.15, 0.2) is 0 Å². The van der Waals surface area contributed by atoms with Crippen LogP contribution in [0.15, 0.2) is 0 Å². The first-order valence-corrected chi connectivity index (χ1v) is 0.493. The van der Waals surface area contributed by atoms with Crippen LogP contribution in [-0.4, -0.2) is 14.8 Å². The van der Waals surface area contributed by atoms with Crippen LogP contribution < -0.4 is 5.73 Å². The molecule has 7 heavy (non-hydrogen) atoms. The summed E-state index contributed by atoms with van der Waals surface area (Å²) in [6.45, 7) is 0. The molecule has 0 aromatic rings. The molecule has 0 aliphatic carbocycles. The SMILES string of the molecule is C.N[C-]=O.[B].[CH3-].[Y]. The maximum Gasteiger partial charge on any atom is 0 e. The summed E-state index contributed by atoms with van der Waals surface area (Å²) in [5.41, 5.74) is 4.04. The van der Waals surface area contributed by atoms with E-state index >= 15 is 0 Å². The van der Waals surface area contributed by atoms with E-state index in [4.69, 9.17) is 4.79 Å². The number of amides is 1. The predicted molar refractivity (Wildman–Crippen MR) is 28.8 cm³/mol. The van der Waals surface area contributed by atoms with Crippen molar-refractivity contribution >= 4 is 14.8 Å². The average Bonchev–Trinajstić information content (AvgIpc) is 0.918. The van der Waals surface area contributed by atoms with Crippen molar-refractivity contribution in [3.05, 3.63) is 7.43 Å². The summed E-state index contributed by atoms with van der Waals surface area (Å²) in [6.07, 6.45) is 1.00. The smallest absolute Gasteiger partial charge is 0 e. The quantitative estimate of drug-likeness (QED) is 0.307. The second-order valence-corrected chi connectivity index (χ2v) is 0.118. The number of carbonyl (C=O) groups excluding carboxylic acids is 1. The second kappa shape index (κ2) is 78.6. The van der Waals surface area contributed by atoms with Crippen molar-refractivity contribution in [1.29, 1.82) is 0 Å². The molecule has 0 aromatic heterocycles. The fourth-order valence-corrected chi connectivity index (χ4v) is 0. The van der Waals surface area contributed by atoms with E-state index in [9.17, 15) is 0 Å². The van der Waals surface area contributed by atoms with Crippen molar-refractivity contribution in [1.82, 2.24) is 0 Å². The maximum absolute atomic E-state index is 8.46. The molecule has 0 unspecified atom stereocenters. The minimum absolute atomic E-state index is 0. The van der Waals surface area contributed by atoms with E-state index in [1.54, 1.807) is 0 Å².